The van der Waals surface area contributed by atoms with Gasteiger partial charge in [0.25, 0.3) is 0 Å². The first-order valence-corrected chi connectivity index (χ1v) is 8.08. The zero-order valence-corrected chi connectivity index (χ0v) is 14.6. The average molecular weight is 350 g/mol. The molecule has 2 rings (SSSR count). The van der Waals surface area contributed by atoms with E-state index in [9.17, 15) is 9.59 Å². The van der Waals surface area contributed by atoms with E-state index in [0.29, 0.717) is 5.52 Å². The van der Waals surface area contributed by atoms with Crippen LogP contribution in [0, 0.1) is 0 Å². The maximum atomic E-state index is 12.5. The highest BCUT2D eigenvalue weighted by molar-refractivity contribution is 6.19. The molecule has 0 saturated heterocycles. The van der Waals surface area contributed by atoms with Crippen molar-refractivity contribution in [2.75, 3.05) is 10.9 Å². The van der Waals surface area contributed by atoms with E-state index in [0.717, 1.165) is 10.4 Å². The molecule has 0 spiro atoms. The van der Waals surface area contributed by atoms with Crippen LogP contribution in [0.3, 0.4) is 0 Å². The maximum absolute atomic E-state index is 12.5. The first-order chi connectivity index (χ1) is 11.3. The van der Waals surface area contributed by atoms with Crippen molar-refractivity contribution in [3.63, 3.8) is 0 Å². The zero-order chi connectivity index (χ0) is 17.7. The third-order valence-electron chi connectivity index (χ3n) is 2.95. The molecule has 24 heavy (non-hydrogen) atoms. The first-order valence-electron chi connectivity index (χ1n) is 7.54. The Labute approximate surface area is 145 Å². The molecule has 7 heteroatoms. The van der Waals surface area contributed by atoms with E-state index in [1.165, 1.54) is 0 Å². The summed E-state index contributed by atoms with van der Waals surface area (Å²) in [6, 6.07) is 11.0. The van der Waals surface area contributed by atoms with E-state index in [2.05, 4.69) is 10.4 Å². The fourth-order valence-electron chi connectivity index (χ4n) is 1.95. The Bertz CT molecular complexity index is 743. The number of carbonyl (C=O) groups excluding carboxylic acids is 2. The zero-order valence-electron chi connectivity index (χ0n) is 13.9. The molecule has 0 aliphatic heterocycles. The van der Waals surface area contributed by atoms with Crippen LogP contribution in [0.2, 0.25) is 0 Å². The Morgan fingerprint density at radius 2 is 1.92 bits per heavy atom. The summed E-state index contributed by atoms with van der Waals surface area (Å²) in [6.45, 7) is 5.24. The van der Waals surface area contributed by atoms with Crippen LogP contribution in [-0.4, -0.2) is 28.5 Å². The lowest BCUT2D eigenvalue weighted by Gasteiger charge is -2.27. The third-order valence-corrected chi connectivity index (χ3v) is 3.14. The van der Waals surface area contributed by atoms with Gasteiger partial charge in [-0.05, 0) is 39.0 Å². The molecule has 2 amide bonds. The second-order valence-electron chi connectivity index (χ2n) is 6.15. The summed E-state index contributed by atoms with van der Waals surface area (Å²) < 4.78 is 5.34. The summed E-state index contributed by atoms with van der Waals surface area (Å²) >= 11 is 5.58. The predicted molar refractivity (Wildman–Crippen MR) is 93.9 cm³/mol. The summed E-state index contributed by atoms with van der Waals surface area (Å²) in [5, 5.41) is 1.93. The molecule has 0 bridgehead atoms. The molecular formula is C17H20ClN3O3. The number of para-hydroxylation sites is 1. The topological polar surface area (TPSA) is 71.5 Å². The van der Waals surface area contributed by atoms with Crippen molar-refractivity contribution in [2.24, 2.45) is 0 Å². The van der Waals surface area contributed by atoms with Crippen molar-refractivity contribution >= 4 is 40.3 Å². The van der Waals surface area contributed by atoms with Gasteiger partial charge in [0.05, 0.1) is 5.52 Å². The van der Waals surface area contributed by atoms with Crippen molar-refractivity contribution in [1.29, 1.82) is 0 Å². The highest BCUT2D eigenvalue weighted by Gasteiger charge is 2.26. The lowest BCUT2D eigenvalue weighted by atomic mass is 10.2. The number of fused-ring (bicyclic) bond motifs is 1. The number of aromatic nitrogens is 1. The molecule has 0 saturated carbocycles. The SMILES string of the molecule is CC(C)(C)OC(=O)N(NC(=O)CCCl)c1ccc2ccccc2n1. The number of anilines is 1. The summed E-state index contributed by atoms with van der Waals surface area (Å²) in [6.07, 6.45) is -0.637. The normalized spacial score (nSPS) is 11.2. The first kappa shape index (κ1) is 18.0. The molecule has 2 aromatic rings. The van der Waals surface area contributed by atoms with Crippen LogP contribution in [0.5, 0.6) is 0 Å². The number of halogens is 1. The van der Waals surface area contributed by atoms with Gasteiger partial charge < -0.3 is 4.74 Å². The Morgan fingerprint density at radius 1 is 1.21 bits per heavy atom. The molecule has 0 aliphatic rings. The van der Waals surface area contributed by atoms with Crippen LogP contribution in [0.25, 0.3) is 10.9 Å². The van der Waals surface area contributed by atoms with Crippen molar-refractivity contribution in [3.8, 4) is 0 Å². The van der Waals surface area contributed by atoms with Gasteiger partial charge in [-0.15, -0.1) is 11.6 Å². The van der Waals surface area contributed by atoms with Gasteiger partial charge in [-0.1, -0.05) is 18.2 Å². The Kier molecular flexibility index (Phi) is 5.62. The van der Waals surface area contributed by atoms with Gasteiger partial charge in [-0.3, -0.25) is 10.2 Å². The number of hydrazine groups is 1. The molecule has 1 aromatic carbocycles. The molecule has 6 nitrogen and oxygen atoms in total. The third kappa shape index (κ3) is 4.83. The van der Waals surface area contributed by atoms with Crippen LogP contribution < -0.4 is 10.4 Å². The second kappa shape index (κ2) is 7.49. The van der Waals surface area contributed by atoms with Crippen LogP contribution in [0.4, 0.5) is 10.6 Å². The minimum Gasteiger partial charge on any atom is -0.442 e. The number of pyridine rings is 1. The average Bonchev–Trinajstić information content (AvgIpc) is 2.50. The van der Waals surface area contributed by atoms with E-state index < -0.39 is 17.6 Å². The van der Waals surface area contributed by atoms with E-state index in [1.54, 1.807) is 26.8 Å². The fourth-order valence-corrected chi connectivity index (χ4v) is 2.12. The number of alkyl halides is 1. The molecule has 0 fully saturated rings. The molecule has 0 atom stereocenters. The predicted octanol–water partition coefficient (Wildman–Crippen LogP) is 3.64. The fraction of sp³-hybridized carbons (Fsp3) is 0.353. The number of hydrogen-bond acceptors (Lipinski definition) is 4. The molecule has 1 aromatic heterocycles. The quantitative estimate of drug-likeness (QED) is 0.678. The highest BCUT2D eigenvalue weighted by Crippen LogP contribution is 2.19. The number of carbonyl (C=O) groups is 2. The summed E-state index contributed by atoms with van der Waals surface area (Å²) in [5.41, 5.74) is 2.49. The van der Waals surface area contributed by atoms with E-state index in [4.69, 9.17) is 16.3 Å². The molecule has 128 valence electrons. The van der Waals surface area contributed by atoms with Crippen LogP contribution in [0.15, 0.2) is 36.4 Å². The van der Waals surface area contributed by atoms with Crippen LogP contribution >= 0.6 is 11.6 Å². The van der Waals surface area contributed by atoms with Gasteiger partial charge in [-0.2, -0.15) is 5.01 Å². The molecule has 1 heterocycles. The van der Waals surface area contributed by atoms with Gasteiger partial charge in [0.15, 0.2) is 5.82 Å². The minimum atomic E-state index is -0.715. The van der Waals surface area contributed by atoms with Gasteiger partial charge in [0.2, 0.25) is 5.91 Å². The number of nitrogens with zero attached hydrogens (tertiary/aromatic N) is 2. The summed E-state index contributed by atoms with van der Waals surface area (Å²) in [7, 11) is 0. The number of rotatable bonds is 3. The number of amides is 2. The van der Waals surface area contributed by atoms with Gasteiger partial charge >= 0.3 is 6.09 Å². The Hall–Kier alpha value is -2.34. The van der Waals surface area contributed by atoms with Gasteiger partial charge in [0.1, 0.15) is 5.60 Å². The second-order valence-corrected chi connectivity index (χ2v) is 6.53. The Morgan fingerprint density at radius 3 is 2.58 bits per heavy atom. The van der Waals surface area contributed by atoms with Gasteiger partial charge in [-0.25, -0.2) is 9.78 Å². The number of benzene rings is 1. The smallest absolute Gasteiger partial charge is 0.435 e. The maximum Gasteiger partial charge on any atom is 0.435 e. The monoisotopic (exact) mass is 349 g/mol. The van der Waals surface area contributed by atoms with Crippen molar-refractivity contribution in [2.45, 2.75) is 32.8 Å². The molecular weight excluding hydrogens is 330 g/mol. The summed E-state index contributed by atoms with van der Waals surface area (Å²) in [4.78, 5) is 28.8. The number of nitrogens with one attached hydrogen (secondary N) is 1. The minimum absolute atomic E-state index is 0.0778. The number of hydrogen-bond donors (Lipinski definition) is 1. The lowest BCUT2D eigenvalue weighted by molar-refractivity contribution is -0.120. The number of ether oxygens (including phenoxy) is 1. The lowest BCUT2D eigenvalue weighted by Crippen LogP contribution is -2.49. The standard InChI is InChI=1S/C17H20ClN3O3/c1-17(2,3)24-16(23)21(20-15(22)10-11-18)14-9-8-12-6-4-5-7-13(12)19-14/h4-9H,10-11H2,1-3H3,(H,20,22). The van der Waals surface area contributed by atoms with Crippen molar-refractivity contribution in [3.05, 3.63) is 36.4 Å². The molecule has 0 aliphatic carbocycles. The van der Waals surface area contributed by atoms with E-state index in [-0.39, 0.29) is 18.1 Å². The molecule has 0 radical (unpaired) electrons. The largest absolute Gasteiger partial charge is 0.442 e. The highest BCUT2D eigenvalue weighted by atomic mass is 35.5. The summed E-state index contributed by atoms with van der Waals surface area (Å²) in [5.74, 6) is 0.0239. The Balaban J connectivity index is 2.35. The van der Waals surface area contributed by atoms with Crippen LogP contribution in [-0.2, 0) is 9.53 Å². The molecule has 1 N–H and O–H groups in total. The van der Waals surface area contributed by atoms with Crippen molar-refractivity contribution < 1.29 is 14.3 Å². The van der Waals surface area contributed by atoms with Crippen molar-refractivity contribution in [1.82, 2.24) is 10.4 Å². The van der Waals surface area contributed by atoms with E-state index >= 15 is 0 Å². The molecule has 0 unspecified atom stereocenters. The van der Waals surface area contributed by atoms with Crippen LogP contribution in [0.1, 0.15) is 27.2 Å². The van der Waals surface area contributed by atoms with E-state index in [1.807, 2.05) is 30.3 Å². The van der Waals surface area contributed by atoms with Gasteiger partial charge in [0, 0.05) is 17.7 Å².